The topological polar surface area (TPSA) is 20.3 Å². The summed E-state index contributed by atoms with van der Waals surface area (Å²) in [6.45, 7) is 9.31. The largest absolute Gasteiger partial charge is 0.336 e. The Morgan fingerprint density at radius 2 is 1.95 bits per heavy atom. The summed E-state index contributed by atoms with van der Waals surface area (Å²) >= 11 is 0. The maximum absolute atomic E-state index is 12.2. The summed E-state index contributed by atoms with van der Waals surface area (Å²) in [5.74, 6) is 0.677. The Kier molecular flexibility index (Phi) is 6.90. The number of carbonyl (C=O) groups is 1. The Morgan fingerprint density at radius 3 is 2.47 bits per heavy atom. The molecule has 1 amide bonds. The van der Waals surface area contributed by atoms with Gasteiger partial charge in [-0.25, -0.2) is 0 Å². The molecule has 0 bridgehead atoms. The molecule has 1 saturated carbocycles. The van der Waals surface area contributed by atoms with Gasteiger partial charge in [0.15, 0.2) is 0 Å². The molecule has 1 aliphatic carbocycles. The zero-order chi connectivity index (χ0) is 14.3. The van der Waals surface area contributed by atoms with Crippen molar-refractivity contribution in [2.75, 3.05) is 6.54 Å². The first-order valence-electron chi connectivity index (χ1n) is 7.67. The minimum absolute atomic E-state index is 0.302. The summed E-state index contributed by atoms with van der Waals surface area (Å²) in [5, 5.41) is 0. The Labute approximate surface area is 118 Å². The van der Waals surface area contributed by atoms with Gasteiger partial charge in [-0.2, -0.15) is 0 Å². The van der Waals surface area contributed by atoms with Crippen molar-refractivity contribution in [3.63, 3.8) is 0 Å². The molecule has 1 rings (SSSR count). The van der Waals surface area contributed by atoms with Crippen molar-refractivity contribution in [2.45, 2.75) is 65.8 Å². The first-order valence-corrected chi connectivity index (χ1v) is 7.67. The van der Waals surface area contributed by atoms with E-state index < -0.39 is 0 Å². The molecule has 1 fully saturated rings. The number of allylic oxidation sites excluding steroid dienone is 3. The Bertz CT molecular complexity index is 337. The Hall–Kier alpha value is -1.05. The molecular formula is C17H29NO. The van der Waals surface area contributed by atoms with Crippen molar-refractivity contribution >= 4 is 5.91 Å². The minimum Gasteiger partial charge on any atom is -0.336 e. The third-order valence-corrected chi connectivity index (χ3v) is 3.48. The highest BCUT2D eigenvalue weighted by molar-refractivity contribution is 5.81. The van der Waals surface area contributed by atoms with Gasteiger partial charge < -0.3 is 4.90 Å². The zero-order valence-electron chi connectivity index (χ0n) is 13.0. The van der Waals surface area contributed by atoms with Gasteiger partial charge in [0.25, 0.3) is 0 Å². The molecule has 0 spiro atoms. The molecule has 0 aliphatic heterocycles. The normalized spacial score (nSPS) is 16.4. The summed E-state index contributed by atoms with van der Waals surface area (Å²) in [7, 11) is 0. The van der Waals surface area contributed by atoms with Gasteiger partial charge in [0.05, 0.1) is 0 Å². The average molecular weight is 263 g/mol. The van der Waals surface area contributed by atoms with Crippen LogP contribution in [-0.4, -0.2) is 23.4 Å². The van der Waals surface area contributed by atoms with E-state index in [1.165, 1.54) is 5.57 Å². The molecule has 1 aliphatic rings. The SMILES string of the molecule is CC/C=C\CC/C=C(/C)CN(C(=O)C1CC1)C(C)C. The predicted molar refractivity (Wildman–Crippen MR) is 82.0 cm³/mol. The molecule has 2 heteroatoms. The fourth-order valence-electron chi connectivity index (χ4n) is 2.12. The summed E-state index contributed by atoms with van der Waals surface area (Å²) < 4.78 is 0. The van der Waals surface area contributed by atoms with Crippen LogP contribution in [0.15, 0.2) is 23.8 Å². The summed E-state index contributed by atoms with van der Waals surface area (Å²) in [4.78, 5) is 14.2. The van der Waals surface area contributed by atoms with Gasteiger partial charge in [-0.3, -0.25) is 4.79 Å². The predicted octanol–water partition coefficient (Wildman–Crippen LogP) is 4.33. The van der Waals surface area contributed by atoms with E-state index >= 15 is 0 Å². The van der Waals surface area contributed by atoms with Crippen LogP contribution in [0, 0.1) is 5.92 Å². The number of nitrogens with zero attached hydrogens (tertiary/aromatic N) is 1. The molecule has 0 unspecified atom stereocenters. The van der Waals surface area contributed by atoms with E-state index in [0.717, 1.165) is 38.6 Å². The summed E-state index contributed by atoms with van der Waals surface area (Å²) in [6.07, 6.45) is 12.2. The monoisotopic (exact) mass is 263 g/mol. The van der Waals surface area contributed by atoms with Crippen LogP contribution in [0.2, 0.25) is 0 Å². The third-order valence-electron chi connectivity index (χ3n) is 3.48. The molecule has 0 saturated heterocycles. The smallest absolute Gasteiger partial charge is 0.226 e. The molecule has 0 heterocycles. The third kappa shape index (κ3) is 6.09. The van der Waals surface area contributed by atoms with E-state index in [9.17, 15) is 4.79 Å². The second-order valence-corrected chi connectivity index (χ2v) is 5.84. The van der Waals surface area contributed by atoms with Crippen LogP contribution in [0.4, 0.5) is 0 Å². The molecule has 0 atom stereocenters. The van der Waals surface area contributed by atoms with Crippen LogP contribution in [-0.2, 0) is 4.79 Å². The zero-order valence-corrected chi connectivity index (χ0v) is 13.0. The number of carbonyl (C=O) groups excluding carboxylic acids is 1. The average Bonchev–Trinajstić information content (AvgIpc) is 3.18. The number of unbranched alkanes of at least 4 members (excludes halogenated alkanes) is 1. The van der Waals surface area contributed by atoms with E-state index in [0.29, 0.717) is 17.9 Å². The van der Waals surface area contributed by atoms with Gasteiger partial charge in [-0.15, -0.1) is 0 Å². The van der Waals surface area contributed by atoms with E-state index in [4.69, 9.17) is 0 Å². The van der Waals surface area contributed by atoms with Crippen molar-refractivity contribution in [3.05, 3.63) is 23.8 Å². The van der Waals surface area contributed by atoms with Crippen molar-refractivity contribution < 1.29 is 4.79 Å². The number of hydrogen-bond acceptors (Lipinski definition) is 1. The Morgan fingerprint density at radius 1 is 1.26 bits per heavy atom. The molecule has 0 aromatic rings. The van der Waals surface area contributed by atoms with Crippen LogP contribution in [0.25, 0.3) is 0 Å². The summed E-state index contributed by atoms with van der Waals surface area (Å²) in [6, 6.07) is 0.302. The van der Waals surface area contributed by atoms with Gasteiger partial charge in [0.2, 0.25) is 5.91 Å². The Balaban J connectivity index is 2.41. The second kappa shape index (κ2) is 8.19. The first-order chi connectivity index (χ1) is 9.06. The van der Waals surface area contributed by atoms with Crippen LogP contribution in [0.3, 0.4) is 0 Å². The van der Waals surface area contributed by atoms with Crippen molar-refractivity contribution in [2.24, 2.45) is 5.92 Å². The molecule has 19 heavy (non-hydrogen) atoms. The van der Waals surface area contributed by atoms with E-state index in [-0.39, 0.29) is 0 Å². The van der Waals surface area contributed by atoms with Crippen molar-refractivity contribution in [3.8, 4) is 0 Å². The highest BCUT2D eigenvalue weighted by Crippen LogP contribution is 2.31. The molecule has 0 N–H and O–H groups in total. The lowest BCUT2D eigenvalue weighted by molar-refractivity contribution is -0.133. The van der Waals surface area contributed by atoms with Crippen LogP contribution >= 0.6 is 0 Å². The molecule has 108 valence electrons. The summed E-state index contributed by atoms with van der Waals surface area (Å²) in [5.41, 5.74) is 1.31. The fourth-order valence-corrected chi connectivity index (χ4v) is 2.12. The quantitative estimate of drug-likeness (QED) is 0.471. The minimum atomic E-state index is 0.302. The lowest BCUT2D eigenvalue weighted by Crippen LogP contribution is -2.39. The van der Waals surface area contributed by atoms with Crippen LogP contribution in [0.1, 0.15) is 59.8 Å². The van der Waals surface area contributed by atoms with Crippen LogP contribution in [0.5, 0.6) is 0 Å². The number of hydrogen-bond donors (Lipinski definition) is 0. The van der Waals surface area contributed by atoms with Gasteiger partial charge in [-0.05, 0) is 52.9 Å². The van der Waals surface area contributed by atoms with Crippen molar-refractivity contribution in [1.29, 1.82) is 0 Å². The van der Waals surface area contributed by atoms with E-state index in [1.54, 1.807) is 0 Å². The van der Waals surface area contributed by atoms with Crippen LogP contribution < -0.4 is 0 Å². The molecule has 2 nitrogen and oxygen atoms in total. The number of rotatable bonds is 8. The fraction of sp³-hybridized carbons (Fsp3) is 0.706. The van der Waals surface area contributed by atoms with Gasteiger partial charge in [-0.1, -0.05) is 30.7 Å². The maximum Gasteiger partial charge on any atom is 0.226 e. The standard InChI is InChI=1S/C17H29NO/c1-5-6-7-8-9-10-15(4)13-18(14(2)3)17(19)16-11-12-16/h6-7,10,14,16H,5,8-9,11-13H2,1-4H3/b7-6-,15-10-. The lowest BCUT2D eigenvalue weighted by Gasteiger charge is -2.27. The van der Waals surface area contributed by atoms with E-state index in [2.05, 4.69) is 45.9 Å². The molecule has 0 radical (unpaired) electrons. The molecule has 0 aromatic carbocycles. The van der Waals surface area contributed by atoms with Gasteiger partial charge >= 0.3 is 0 Å². The highest BCUT2D eigenvalue weighted by atomic mass is 16.2. The molecule has 0 aromatic heterocycles. The highest BCUT2D eigenvalue weighted by Gasteiger charge is 2.34. The van der Waals surface area contributed by atoms with Gasteiger partial charge in [0.1, 0.15) is 0 Å². The van der Waals surface area contributed by atoms with Crippen molar-refractivity contribution in [1.82, 2.24) is 4.90 Å². The lowest BCUT2D eigenvalue weighted by atomic mass is 10.1. The van der Waals surface area contributed by atoms with E-state index in [1.807, 2.05) is 4.90 Å². The molecular weight excluding hydrogens is 234 g/mol. The number of amides is 1. The van der Waals surface area contributed by atoms with Gasteiger partial charge in [0, 0.05) is 18.5 Å². The maximum atomic E-state index is 12.2. The second-order valence-electron chi connectivity index (χ2n) is 5.84. The first kappa shape index (κ1) is 16.0.